The summed E-state index contributed by atoms with van der Waals surface area (Å²) in [5.41, 5.74) is 0. The summed E-state index contributed by atoms with van der Waals surface area (Å²) in [7, 11) is 0. The van der Waals surface area contributed by atoms with Crippen molar-refractivity contribution in [1.82, 2.24) is 4.98 Å². The van der Waals surface area contributed by atoms with Gasteiger partial charge < -0.3 is 0 Å². The maximum Gasteiger partial charge on any atom is 0.226 e. The Balaban J connectivity index is 0.000000162. The van der Waals surface area contributed by atoms with Crippen LogP contribution in [-0.4, -0.2) is 10.2 Å². The highest BCUT2D eigenvalue weighted by molar-refractivity contribution is 7.10. The van der Waals surface area contributed by atoms with Crippen LogP contribution in [0.15, 0.2) is 48.1 Å². The second kappa shape index (κ2) is 7.15. The first-order valence-corrected chi connectivity index (χ1v) is 5.60. The number of carbonyl (C=O) groups excluding carboxylic acids is 1. The number of thiophene rings is 1. The van der Waals surface area contributed by atoms with E-state index in [-0.39, 0.29) is 5.24 Å². The molecule has 0 unspecified atom stereocenters. The van der Waals surface area contributed by atoms with Crippen LogP contribution in [0.2, 0.25) is 0 Å². The lowest BCUT2D eigenvalue weighted by atomic mass is 10.4. The van der Waals surface area contributed by atoms with Gasteiger partial charge in [0.1, 0.15) is 0 Å². The van der Waals surface area contributed by atoms with Gasteiger partial charge in [0.15, 0.2) is 0 Å². The van der Waals surface area contributed by atoms with Crippen molar-refractivity contribution in [2.45, 2.75) is 6.42 Å². The third kappa shape index (κ3) is 5.99. The zero-order valence-electron chi connectivity index (χ0n) is 7.97. The van der Waals surface area contributed by atoms with Crippen LogP contribution < -0.4 is 0 Å². The highest BCUT2D eigenvalue weighted by Crippen LogP contribution is 2.09. The van der Waals surface area contributed by atoms with Crippen molar-refractivity contribution in [1.29, 1.82) is 0 Å². The van der Waals surface area contributed by atoms with Crippen molar-refractivity contribution >= 4 is 28.2 Å². The molecule has 0 saturated heterocycles. The van der Waals surface area contributed by atoms with E-state index in [2.05, 4.69) is 4.98 Å². The van der Waals surface area contributed by atoms with Crippen LogP contribution in [0.25, 0.3) is 0 Å². The van der Waals surface area contributed by atoms with Crippen molar-refractivity contribution in [2.75, 3.05) is 0 Å². The van der Waals surface area contributed by atoms with Gasteiger partial charge in [-0.1, -0.05) is 12.1 Å². The smallest absolute Gasteiger partial charge is 0.226 e. The summed E-state index contributed by atoms with van der Waals surface area (Å²) in [6, 6.07) is 9.51. The molecule has 2 aromatic rings. The lowest BCUT2D eigenvalue weighted by Crippen LogP contribution is -1.88. The number of carbonyl (C=O) groups is 1. The molecule has 0 aliphatic rings. The largest absolute Gasteiger partial charge is 0.281 e. The Morgan fingerprint density at radius 3 is 2.33 bits per heavy atom. The minimum Gasteiger partial charge on any atom is -0.281 e. The van der Waals surface area contributed by atoms with Crippen molar-refractivity contribution in [3.05, 3.63) is 53.0 Å². The third-order valence-corrected chi connectivity index (χ3v) is 2.47. The molecule has 78 valence electrons. The second-order valence-electron chi connectivity index (χ2n) is 2.64. The first kappa shape index (κ1) is 11.9. The lowest BCUT2D eigenvalue weighted by Gasteiger charge is -1.84. The van der Waals surface area contributed by atoms with Crippen LogP contribution in [0.5, 0.6) is 0 Å². The van der Waals surface area contributed by atoms with Crippen LogP contribution in [0, 0.1) is 0 Å². The average molecular weight is 240 g/mol. The molecule has 2 aromatic heterocycles. The Hall–Kier alpha value is -1.19. The van der Waals surface area contributed by atoms with Gasteiger partial charge >= 0.3 is 0 Å². The topological polar surface area (TPSA) is 30.0 Å². The van der Waals surface area contributed by atoms with E-state index >= 15 is 0 Å². The summed E-state index contributed by atoms with van der Waals surface area (Å²) in [4.78, 5) is 15.1. The molecule has 15 heavy (non-hydrogen) atoms. The summed E-state index contributed by atoms with van der Waals surface area (Å²) < 4.78 is 0. The SMILES string of the molecule is O=C(Cl)Cc1cccs1.c1ccncc1. The van der Waals surface area contributed by atoms with Crippen molar-refractivity contribution in [3.8, 4) is 0 Å². The van der Waals surface area contributed by atoms with Gasteiger partial charge in [0.25, 0.3) is 0 Å². The number of halogens is 1. The van der Waals surface area contributed by atoms with E-state index in [9.17, 15) is 4.79 Å². The number of pyridine rings is 1. The molecule has 0 aliphatic carbocycles. The normalized spacial score (nSPS) is 8.87. The molecule has 0 atom stereocenters. The Morgan fingerprint density at radius 2 is 2.00 bits per heavy atom. The van der Waals surface area contributed by atoms with Gasteiger partial charge in [-0.25, -0.2) is 0 Å². The molecule has 0 saturated carbocycles. The molecule has 4 heteroatoms. The quantitative estimate of drug-likeness (QED) is 0.754. The van der Waals surface area contributed by atoms with E-state index in [1.807, 2.05) is 35.7 Å². The standard InChI is InChI=1S/C6H5ClOS.C5H5N/c7-6(8)4-5-2-1-3-9-5;1-2-4-6-5-3-1/h1-3H,4H2;1-5H. The molecular formula is C11H10ClNOS. The van der Waals surface area contributed by atoms with Gasteiger partial charge in [0.2, 0.25) is 5.24 Å². The average Bonchev–Trinajstić information content (AvgIpc) is 2.73. The minimum absolute atomic E-state index is 0.294. The summed E-state index contributed by atoms with van der Waals surface area (Å²) >= 11 is 6.68. The summed E-state index contributed by atoms with van der Waals surface area (Å²) in [5, 5.41) is 1.63. The molecule has 2 heterocycles. The molecule has 0 amide bonds. The van der Waals surface area contributed by atoms with Crippen LogP contribution in [0.1, 0.15) is 4.88 Å². The second-order valence-corrected chi connectivity index (χ2v) is 4.09. The Labute approximate surface area is 97.5 Å². The summed E-state index contributed by atoms with van der Waals surface area (Å²) in [5.74, 6) is 0. The molecule has 2 nitrogen and oxygen atoms in total. The molecule has 0 bridgehead atoms. The summed E-state index contributed by atoms with van der Waals surface area (Å²) in [6.45, 7) is 0. The van der Waals surface area contributed by atoms with Gasteiger partial charge in [0, 0.05) is 17.3 Å². The molecule has 0 aromatic carbocycles. The fraction of sp³-hybridized carbons (Fsp3) is 0.0909. The van der Waals surface area contributed by atoms with E-state index in [1.54, 1.807) is 23.7 Å². The summed E-state index contributed by atoms with van der Waals surface area (Å²) in [6.07, 6.45) is 3.86. The van der Waals surface area contributed by atoms with E-state index in [0.29, 0.717) is 6.42 Å². The highest BCUT2D eigenvalue weighted by Gasteiger charge is 1.97. The van der Waals surface area contributed by atoms with E-state index < -0.39 is 0 Å². The zero-order valence-corrected chi connectivity index (χ0v) is 9.54. The van der Waals surface area contributed by atoms with Crippen molar-refractivity contribution in [2.24, 2.45) is 0 Å². The third-order valence-electron chi connectivity index (χ3n) is 1.46. The predicted octanol–water partition coefficient (Wildman–Crippen LogP) is 3.14. The Kier molecular flexibility index (Phi) is 5.66. The molecule has 2 rings (SSSR count). The van der Waals surface area contributed by atoms with Crippen LogP contribution in [-0.2, 0) is 11.2 Å². The van der Waals surface area contributed by atoms with Crippen molar-refractivity contribution in [3.63, 3.8) is 0 Å². The fourth-order valence-corrected chi connectivity index (χ4v) is 1.79. The van der Waals surface area contributed by atoms with E-state index in [4.69, 9.17) is 11.6 Å². The zero-order chi connectivity index (χ0) is 10.9. The number of rotatable bonds is 2. The van der Waals surface area contributed by atoms with Crippen molar-refractivity contribution < 1.29 is 4.79 Å². The minimum atomic E-state index is -0.294. The first-order chi connectivity index (χ1) is 7.29. The van der Waals surface area contributed by atoms with Crippen LogP contribution >= 0.6 is 22.9 Å². The molecule has 0 radical (unpaired) electrons. The number of aromatic nitrogens is 1. The van der Waals surface area contributed by atoms with Gasteiger partial charge in [-0.3, -0.25) is 9.78 Å². The Morgan fingerprint density at radius 1 is 1.27 bits per heavy atom. The maximum absolute atomic E-state index is 10.3. The highest BCUT2D eigenvalue weighted by atomic mass is 35.5. The fourth-order valence-electron chi connectivity index (χ4n) is 0.863. The molecular weight excluding hydrogens is 230 g/mol. The monoisotopic (exact) mass is 239 g/mol. The number of hydrogen-bond acceptors (Lipinski definition) is 3. The lowest BCUT2D eigenvalue weighted by molar-refractivity contribution is -0.111. The predicted molar refractivity (Wildman–Crippen MR) is 63.1 cm³/mol. The van der Waals surface area contributed by atoms with Gasteiger partial charge in [-0.05, 0) is 35.2 Å². The molecule has 0 N–H and O–H groups in total. The van der Waals surface area contributed by atoms with Gasteiger partial charge in [-0.15, -0.1) is 11.3 Å². The molecule has 0 aliphatic heterocycles. The van der Waals surface area contributed by atoms with Gasteiger partial charge in [0.05, 0.1) is 6.42 Å². The molecule has 0 fully saturated rings. The maximum atomic E-state index is 10.3. The van der Waals surface area contributed by atoms with E-state index in [0.717, 1.165) is 4.88 Å². The Bertz CT molecular complexity index is 348. The van der Waals surface area contributed by atoms with Crippen LogP contribution in [0.4, 0.5) is 0 Å². The number of nitrogens with zero attached hydrogens (tertiary/aromatic N) is 1. The molecule has 0 spiro atoms. The van der Waals surface area contributed by atoms with Gasteiger partial charge in [-0.2, -0.15) is 0 Å². The van der Waals surface area contributed by atoms with Crippen LogP contribution in [0.3, 0.4) is 0 Å². The number of hydrogen-bond donors (Lipinski definition) is 0. The first-order valence-electron chi connectivity index (χ1n) is 4.35. The van der Waals surface area contributed by atoms with E-state index in [1.165, 1.54) is 0 Å².